The Labute approximate surface area is 190 Å². The molecule has 0 aromatic carbocycles. The Hall–Kier alpha value is -1.50. The molecule has 4 amide bonds. The van der Waals surface area contributed by atoms with E-state index >= 15 is 0 Å². The van der Waals surface area contributed by atoms with Gasteiger partial charge in [0.25, 0.3) is 0 Å². The van der Waals surface area contributed by atoms with Crippen LogP contribution in [0.5, 0.6) is 0 Å². The average molecular weight is 438 g/mol. The Bertz CT molecular complexity index is 518. The van der Waals surface area contributed by atoms with Gasteiger partial charge < -0.3 is 19.6 Å². The van der Waals surface area contributed by atoms with Gasteiger partial charge in [-0.25, -0.2) is 9.59 Å². The summed E-state index contributed by atoms with van der Waals surface area (Å²) in [6, 6.07) is 0.384. The van der Waals surface area contributed by atoms with Gasteiger partial charge in [-0.05, 0) is 20.3 Å². The summed E-state index contributed by atoms with van der Waals surface area (Å²) in [5.41, 5.74) is 0. The summed E-state index contributed by atoms with van der Waals surface area (Å²) < 4.78 is 0. The molecular weight excluding hydrogens is 390 g/mol. The number of carbonyl (C=O) groups excluding carboxylic acids is 2. The molecule has 7 nitrogen and oxygen atoms in total. The van der Waals surface area contributed by atoms with E-state index in [9.17, 15) is 9.59 Å². The molecule has 2 fully saturated rings. The van der Waals surface area contributed by atoms with Crippen LogP contribution < -0.4 is 0 Å². The molecule has 180 valence electrons. The van der Waals surface area contributed by atoms with Gasteiger partial charge in [0, 0.05) is 72.0 Å². The number of unbranched alkanes of at least 4 members (excludes halogenated alkanes) is 7. The molecule has 7 heteroatoms. The standard InChI is InChI=1S/C24H47N5O2/c1-4-7-8-9-10-11-12-13-14-27-21-22-29(24(27)31)20-17-25-15-18-28(19-16-25)23(30)26(5-2)6-3/h4-22H2,1-3H3. The molecule has 2 rings (SSSR count). The van der Waals surface area contributed by atoms with E-state index in [0.29, 0.717) is 0 Å². The van der Waals surface area contributed by atoms with E-state index in [2.05, 4.69) is 11.8 Å². The molecule has 0 bridgehead atoms. The number of urea groups is 2. The lowest BCUT2D eigenvalue weighted by molar-refractivity contribution is 0.111. The third kappa shape index (κ3) is 8.51. The number of amides is 4. The zero-order valence-corrected chi connectivity index (χ0v) is 20.5. The fraction of sp³-hybridized carbons (Fsp3) is 0.917. The van der Waals surface area contributed by atoms with Gasteiger partial charge >= 0.3 is 12.1 Å². The summed E-state index contributed by atoms with van der Waals surface area (Å²) in [5, 5.41) is 0. The second-order valence-corrected chi connectivity index (χ2v) is 9.02. The number of nitrogens with zero attached hydrogens (tertiary/aromatic N) is 5. The van der Waals surface area contributed by atoms with E-state index < -0.39 is 0 Å². The number of carbonyl (C=O) groups is 2. The second-order valence-electron chi connectivity index (χ2n) is 9.02. The zero-order valence-electron chi connectivity index (χ0n) is 20.5. The molecule has 0 aromatic rings. The van der Waals surface area contributed by atoms with E-state index in [-0.39, 0.29) is 12.1 Å². The highest BCUT2D eigenvalue weighted by Crippen LogP contribution is 2.13. The number of hydrogen-bond acceptors (Lipinski definition) is 3. The van der Waals surface area contributed by atoms with Crippen molar-refractivity contribution in [3.8, 4) is 0 Å². The van der Waals surface area contributed by atoms with Crippen LogP contribution in [0, 0.1) is 0 Å². The molecule has 0 spiro atoms. The fourth-order valence-corrected chi connectivity index (χ4v) is 4.60. The van der Waals surface area contributed by atoms with E-state index in [0.717, 1.165) is 78.4 Å². The predicted molar refractivity (Wildman–Crippen MR) is 127 cm³/mol. The van der Waals surface area contributed by atoms with Gasteiger partial charge in [0.2, 0.25) is 0 Å². The molecule has 31 heavy (non-hydrogen) atoms. The van der Waals surface area contributed by atoms with Crippen LogP contribution in [0.15, 0.2) is 0 Å². The first-order valence-electron chi connectivity index (χ1n) is 12.9. The van der Waals surface area contributed by atoms with Gasteiger partial charge in [0.05, 0.1) is 0 Å². The summed E-state index contributed by atoms with van der Waals surface area (Å²) in [6.45, 7) is 15.6. The topological polar surface area (TPSA) is 50.3 Å². The largest absolute Gasteiger partial charge is 0.325 e. The molecular formula is C24H47N5O2. The van der Waals surface area contributed by atoms with Crippen LogP contribution in [-0.2, 0) is 0 Å². The Morgan fingerprint density at radius 1 is 0.710 bits per heavy atom. The number of piperazine rings is 1. The molecule has 2 aliphatic rings. The minimum Gasteiger partial charge on any atom is -0.325 e. The van der Waals surface area contributed by atoms with Gasteiger partial charge in [0.1, 0.15) is 0 Å². The van der Waals surface area contributed by atoms with Gasteiger partial charge in [0.15, 0.2) is 0 Å². The lowest BCUT2D eigenvalue weighted by Gasteiger charge is -2.37. The molecule has 2 saturated heterocycles. The molecule has 0 radical (unpaired) electrons. The van der Waals surface area contributed by atoms with Crippen LogP contribution in [0.4, 0.5) is 9.59 Å². The Morgan fingerprint density at radius 3 is 1.84 bits per heavy atom. The van der Waals surface area contributed by atoms with Crippen LogP contribution in [0.2, 0.25) is 0 Å². The van der Waals surface area contributed by atoms with Crippen molar-refractivity contribution in [2.45, 2.75) is 72.1 Å². The normalized spacial score (nSPS) is 17.6. The zero-order chi connectivity index (χ0) is 22.5. The molecule has 0 aliphatic carbocycles. The maximum Gasteiger partial charge on any atom is 0.320 e. The predicted octanol–water partition coefficient (Wildman–Crippen LogP) is 3.94. The van der Waals surface area contributed by atoms with Crippen LogP contribution in [0.25, 0.3) is 0 Å². The van der Waals surface area contributed by atoms with Crippen molar-refractivity contribution in [3.05, 3.63) is 0 Å². The van der Waals surface area contributed by atoms with Crippen molar-refractivity contribution in [1.82, 2.24) is 24.5 Å². The van der Waals surface area contributed by atoms with Gasteiger partial charge in [-0.15, -0.1) is 0 Å². The molecule has 2 aliphatic heterocycles. The fourth-order valence-electron chi connectivity index (χ4n) is 4.60. The lowest BCUT2D eigenvalue weighted by atomic mass is 10.1. The molecule has 0 N–H and O–H groups in total. The molecule has 0 unspecified atom stereocenters. The lowest BCUT2D eigenvalue weighted by Crippen LogP contribution is -2.53. The highest BCUT2D eigenvalue weighted by atomic mass is 16.2. The molecule has 2 heterocycles. The number of rotatable bonds is 14. The van der Waals surface area contributed by atoms with Crippen molar-refractivity contribution in [2.24, 2.45) is 0 Å². The molecule has 0 saturated carbocycles. The van der Waals surface area contributed by atoms with E-state index in [4.69, 9.17) is 0 Å². The van der Waals surface area contributed by atoms with Crippen LogP contribution in [0.3, 0.4) is 0 Å². The maximum absolute atomic E-state index is 12.7. The summed E-state index contributed by atoms with van der Waals surface area (Å²) >= 11 is 0. The number of hydrogen-bond donors (Lipinski definition) is 0. The van der Waals surface area contributed by atoms with Crippen LogP contribution in [-0.4, -0.2) is 109 Å². The second kappa shape index (κ2) is 14.5. The van der Waals surface area contributed by atoms with Crippen molar-refractivity contribution in [2.75, 3.05) is 72.0 Å². The smallest absolute Gasteiger partial charge is 0.320 e. The Morgan fingerprint density at radius 2 is 1.26 bits per heavy atom. The van der Waals surface area contributed by atoms with E-state index in [1.807, 2.05) is 33.4 Å². The minimum absolute atomic E-state index is 0.163. The van der Waals surface area contributed by atoms with Crippen LogP contribution in [0.1, 0.15) is 72.1 Å². The van der Waals surface area contributed by atoms with Crippen molar-refractivity contribution in [1.29, 1.82) is 0 Å². The Balaban J connectivity index is 1.56. The third-order valence-electron chi connectivity index (χ3n) is 6.83. The SMILES string of the molecule is CCCCCCCCCCN1CCN(CCN2CCN(C(=O)N(CC)CC)CC2)C1=O. The third-order valence-corrected chi connectivity index (χ3v) is 6.83. The maximum atomic E-state index is 12.7. The highest BCUT2D eigenvalue weighted by molar-refractivity contribution is 5.76. The quantitative estimate of drug-likeness (QED) is 0.387. The van der Waals surface area contributed by atoms with E-state index in [1.54, 1.807) is 0 Å². The first-order valence-corrected chi connectivity index (χ1v) is 12.9. The summed E-state index contributed by atoms with van der Waals surface area (Å²) in [5.74, 6) is 0. The van der Waals surface area contributed by atoms with Gasteiger partial charge in [-0.1, -0.05) is 51.9 Å². The first-order chi connectivity index (χ1) is 15.1. The average Bonchev–Trinajstić information content (AvgIpc) is 3.14. The molecule has 0 atom stereocenters. The molecule has 0 aromatic heterocycles. The Kier molecular flexibility index (Phi) is 12.1. The summed E-state index contributed by atoms with van der Waals surface area (Å²) in [7, 11) is 0. The van der Waals surface area contributed by atoms with E-state index in [1.165, 1.54) is 44.9 Å². The van der Waals surface area contributed by atoms with Crippen molar-refractivity contribution in [3.63, 3.8) is 0 Å². The van der Waals surface area contributed by atoms with Crippen molar-refractivity contribution >= 4 is 12.1 Å². The van der Waals surface area contributed by atoms with Gasteiger partial charge in [-0.3, -0.25) is 4.90 Å². The van der Waals surface area contributed by atoms with Crippen LogP contribution >= 0.6 is 0 Å². The summed E-state index contributed by atoms with van der Waals surface area (Å²) in [4.78, 5) is 35.4. The van der Waals surface area contributed by atoms with Gasteiger partial charge in [-0.2, -0.15) is 0 Å². The van der Waals surface area contributed by atoms with Crippen molar-refractivity contribution < 1.29 is 9.59 Å². The highest BCUT2D eigenvalue weighted by Gasteiger charge is 2.29. The monoisotopic (exact) mass is 437 g/mol. The first kappa shape index (κ1) is 25.8. The summed E-state index contributed by atoms with van der Waals surface area (Å²) in [6.07, 6.45) is 10.4. The minimum atomic E-state index is 0.163.